The number of rotatable bonds is 9. The highest BCUT2D eigenvalue weighted by Gasteiger charge is 2.22. The van der Waals surface area contributed by atoms with Crippen molar-refractivity contribution in [1.29, 1.82) is 0 Å². The summed E-state index contributed by atoms with van der Waals surface area (Å²) in [5.74, 6) is 1.02. The van der Waals surface area contributed by atoms with Crippen molar-refractivity contribution in [3.8, 4) is 5.75 Å². The third kappa shape index (κ3) is 6.50. The fourth-order valence-corrected chi connectivity index (χ4v) is 5.48. The van der Waals surface area contributed by atoms with Crippen molar-refractivity contribution in [3.05, 3.63) is 76.1 Å². The lowest BCUT2D eigenvalue weighted by Crippen LogP contribution is -2.31. The van der Waals surface area contributed by atoms with E-state index in [0.29, 0.717) is 35.3 Å². The van der Waals surface area contributed by atoms with E-state index in [9.17, 15) is 14.0 Å². The van der Waals surface area contributed by atoms with E-state index in [4.69, 9.17) is 4.74 Å². The van der Waals surface area contributed by atoms with E-state index in [0.717, 1.165) is 42.4 Å². The summed E-state index contributed by atoms with van der Waals surface area (Å²) in [4.78, 5) is 24.8. The average Bonchev–Trinajstić information content (AvgIpc) is 3.02. The normalized spacial score (nSPS) is 20.8. The van der Waals surface area contributed by atoms with Crippen molar-refractivity contribution >= 4 is 11.6 Å². The van der Waals surface area contributed by atoms with E-state index in [1.807, 2.05) is 31.3 Å². The van der Waals surface area contributed by atoms with Crippen LogP contribution in [0.3, 0.4) is 0 Å². The van der Waals surface area contributed by atoms with Crippen LogP contribution in [0.1, 0.15) is 79.4 Å². The third-order valence-electron chi connectivity index (χ3n) is 7.83. The summed E-state index contributed by atoms with van der Waals surface area (Å²) in [6.45, 7) is 3.22. The quantitative estimate of drug-likeness (QED) is 0.454. The second-order valence-corrected chi connectivity index (χ2v) is 10.4. The van der Waals surface area contributed by atoms with Crippen LogP contribution in [0.25, 0.3) is 0 Å². The number of hydrogen-bond donors (Lipinski definition) is 1. The molecule has 0 saturated heterocycles. The molecule has 2 aromatic rings. The number of nitrogens with one attached hydrogen (secondary N) is 1. The van der Waals surface area contributed by atoms with E-state index in [2.05, 4.69) is 5.32 Å². The Kier molecular flexibility index (Phi) is 8.73. The van der Waals surface area contributed by atoms with Crippen molar-refractivity contribution < 1.29 is 18.7 Å². The summed E-state index contributed by atoms with van der Waals surface area (Å²) in [6.07, 6.45) is 10.0. The third-order valence-corrected chi connectivity index (χ3v) is 7.83. The molecule has 0 heterocycles. The highest BCUT2D eigenvalue weighted by molar-refractivity contribution is 6.10. The van der Waals surface area contributed by atoms with Gasteiger partial charge >= 0.3 is 0 Å². The predicted octanol–water partition coefficient (Wildman–Crippen LogP) is 6.19. The zero-order valence-corrected chi connectivity index (χ0v) is 21.7. The van der Waals surface area contributed by atoms with Gasteiger partial charge in [0.2, 0.25) is 0 Å². The van der Waals surface area contributed by atoms with Gasteiger partial charge in [-0.25, -0.2) is 4.39 Å². The number of ether oxygens (including phenoxy) is 1. The molecule has 2 unspecified atom stereocenters. The number of carbonyl (C=O) groups excluding carboxylic acids is 2. The Morgan fingerprint density at radius 2 is 2.03 bits per heavy atom. The Morgan fingerprint density at radius 3 is 2.78 bits per heavy atom. The maximum absolute atomic E-state index is 15.0. The summed E-state index contributed by atoms with van der Waals surface area (Å²) in [5.41, 5.74) is 3.87. The fourth-order valence-electron chi connectivity index (χ4n) is 5.48. The summed E-state index contributed by atoms with van der Waals surface area (Å²) >= 11 is 0. The summed E-state index contributed by atoms with van der Waals surface area (Å²) in [7, 11) is 2.03. The molecule has 1 saturated carbocycles. The lowest BCUT2D eigenvalue weighted by atomic mass is 9.82. The van der Waals surface area contributed by atoms with Gasteiger partial charge in [0.1, 0.15) is 11.6 Å². The van der Waals surface area contributed by atoms with E-state index in [1.54, 1.807) is 25.1 Å². The van der Waals surface area contributed by atoms with Crippen LogP contribution in [-0.2, 0) is 24.1 Å². The van der Waals surface area contributed by atoms with Crippen molar-refractivity contribution in [1.82, 2.24) is 5.32 Å². The van der Waals surface area contributed by atoms with Crippen LogP contribution in [-0.4, -0.2) is 30.8 Å². The number of aryl methyl sites for hydroxylation is 2. The highest BCUT2D eigenvalue weighted by atomic mass is 19.1. The number of ketones is 2. The van der Waals surface area contributed by atoms with E-state index in [-0.39, 0.29) is 17.4 Å². The summed E-state index contributed by atoms with van der Waals surface area (Å²) in [6, 6.07) is 11.5. The van der Waals surface area contributed by atoms with Gasteiger partial charge in [-0.05, 0) is 106 Å². The second kappa shape index (κ2) is 12.0. The Labute approximate surface area is 214 Å². The maximum atomic E-state index is 15.0. The predicted molar refractivity (Wildman–Crippen MR) is 141 cm³/mol. The van der Waals surface area contributed by atoms with Crippen LogP contribution in [0.15, 0.2) is 48.0 Å². The molecule has 5 heteroatoms. The molecule has 2 aliphatic rings. The molecule has 0 bridgehead atoms. The number of Topliss-reactive ketones (excluding diaryl/α,β-unsaturated/α-hetero) is 2. The first kappa shape index (κ1) is 26.3. The zero-order valence-electron chi connectivity index (χ0n) is 21.7. The van der Waals surface area contributed by atoms with Crippen LogP contribution < -0.4 is 10.1 Å². The topological polar surface area (TPSA) is 55.4 Å². The lowest BCUT2D eigenvalue weighted by molar-refractivity contribution is -0.122. The first-order valence-electron chi connectivity index (χ1n) is 13.3. The molecule has 0 amide bonds. The number of benzene rings is 2. The van der Waals surface area contributed by atoms with Crippen molar-refractivity contribution in [2.75, 3.05) is 7.05 Å². The lowest BCUT2D eigenvalue weighted by Gasteiger charge is -2.29. The van der Waals surface area contributed by atoms with Gasteiger partial charge in [0.25, 0.3) is 0 Å². The van der Waals surface area contributed by atoms with Crippen molar-refractivity contribution in [2.24, 2.45) is 5.92 Å². The van der Waals surface area contributed by atoms with Crippen LogP contribution in [0.2, 0.25) is 0 Å². The molecule has 0 spiro atoms. The number of halogens is 1. The largest absolute Gasteiger partial charge is 0.483 e. The fraction of sp³-hybridized carbons (Fsp3) is 0.484. The molecule has 0 aliphatic heterocycles. The van der Waals surface area contributed by atoms with Gasteiger partial charge in [-0.3, -0.25) is 9.59 Å². The van der Waals surface area contributed by atoms with Crippen LogP contribution in [0, 0.1) is 11.7 Å². The van der Waals surface area contributed by atoms with Gasteiger partial charge in [0.15, 0.2) is 17.7 Å². The SMILES string of the molecule is CN[C@@H]1CCCC(CCc2ccc(CC3=CCCc4cc(OC(C)C(C)=O)ccc4C3=O)cc2F)C1. The Bertz CT molecular complexity index is 1140. The van der Waals surface area contributed by atoms with Crippen molar-refractivity contribution in [2.45, 2.75) is 83.8 Å². The van der Waals surface area contributed by atoms with Gasteiger partial charge in [-0.15, -0.1) is 0 Å². The average molecular weight is 492 g/mol. The van der Waals surface area contributed by atoms with Crippen molar-refractivity contribution in [3.63, 3.8) is 0 Å². The second-order valence-electron chi connectivity index (χ2n) is 10.4. The van der Waals surface area contributed by atoms with E-state index >= 15 is 0 Å². The van der Waals surface area contributed by atoms with Gasteiger partial charge in [0.05, 0.1) is 0 Å². The summed E-state index contributed by atoms with van der Waals surface area (Å²) in [5, 5.41) is 3.39. The van der Waals surface area contributed by atoms with Crippen LogP contribution in [0.5, 0.6) is 5.75 Å². The van der Waals surface area contributed by atoms with Gasteiger partial charge in [-0.2, -0.15) is 0 Å². The minimum atomic E-state index is -0.524. The zero-order chi connectivity index (χ0) is 25.7. The molecular weight excluding hydrogens is 453 g/mol. The maximum Gasteiger partial charge on any atom is 0.189 e. The minimum Gasteiger partial charge on any atom is -0.483 e. The molecule has 2 aliphatic carbocycles. The molecule has 1 N–H and O–H groups in total. The number of fused-ring (bicyclic) bond motifs is 1. The van der Waals surface area contributed by atoms with Gasteiger partial charge in [0, 0.05) is 23.6 Å². The monoisotopic (exact) mass is 491 g/mol. The van der Waals surface area contributed by atoms with Crippen LogP contribution in [0.4, 0.5) is 4.39 Å². The van der Waals surface area contributed by atoms with E-state index in [1.165, 1.54) is 32.6 Å². The smallest absolute Gasteiger partial charge is 0.189 e. The first-order chi connectivity index (χ1) is 17.3. The first-order valence-corrected chi connectivity index (χ1v) is 13.3. The molecule has 2 aromatic carbocycles. The minimum absolute atomic E-state index is 0.0189. The number of hydrogen-bond acceptors (Lipinski definition) is 4. The number of allylic oxidation sites excluding steroid dienone is 2. The molecule has 36 heavy (non-hydrogen) atoms. The Balaban J connectivity index is 1.39. The molecule has 0 radical (unpaired) electrons. The molecule has 1 fully saturated rings. The molecular formula is C31H38FNO3. The standard InChI is InChI=1S/C31H38FNO3/c1-20(34)21(2)36-28-14-15-29-25(19-28)7-5-8-26(31(29)35)16-23-11-13-24(30(32)18-23)12-10-22-6-4-9-27(17-22)33-3/h8,11,13-15,18-19,21-22,27,33H,4-7,9-10,12,16-17H2,1-3H3/t21?,22?,27-/m1/s1. The van der Waals surface area contributed by atoms with Gasteiger partial charge < -0.3 is 10.1 Å². The molecule has 3 atom stereocenters. The number of carbonyl (C=O) groups is 2. The van der Waals surface area contributed by atoms with E-state index < -0.39 is 6.10 Å². The Morgan fingerprint density at radius 1 is 1.19 bits per heavy atom. The Hall–Kier alpha value is -2.79. The van der Waals surface area contributed by atoms with Crippen LogP contribution >= 0.6 is 0 Å². The molecule has 192 valence electrons. The molecule has 0 aromatic heterocycles. The van der Waals surface area contributed by atoms with Gasteiger partial charge in [-0.1, -0.05) is 31.1 Å². The highest BCUT2D eigenvalue weighted by Crippen LogP contribution is 2.30. The summed E-state index contributed by atoms with van der Waals surface area (Å²) < 4.78 is 20.7. The molecule has 4 rings (SSSR count). The molecule has 4 nitrogen and oxygen atoms in total.